The minimum Gasteiger partial charge on any atom is -0.399 e. The highest BCUT2D eigenvalue weighted by molar-refractivity contribution is 9.10. The molecule has 4 nitrogen and oxygen atoms in total. The summed E-state index contributed by atoms with van der Waals surface area (Å²) in [6, 6.07) is 6.69. The third-order valence-corrected chi connectivity index (χ3v) is 6.43. The number of nitrogens with two attached hydrogens (primary N) is 1. The first-order chi connectivity index (χ1) is 9.30. The number of aryl methyl sites for hydroxylation is 1. The Labute approximate surface area is 131 Å². The molecule has 0 bridgehead atoms. The molecule has 1 aromatic heterocycles. The van der Waals surface area contributed by atoms with Crippen LogP contribution in [-0.2, 0) is 16.6 Å². The molecule has 2 aromatic rings. The molecule has 108 valence electrons. The predicted molar refractivity (Wildman–Crippen MR) is 86.3 cm³/mol. The van der Waals surface area contributed by atoms with E-state index in [0.717, 1.165) is 14.9 Å². The molecule has 0 amide bonds. The average molecular weight is 375 g/mol. The van der Waals surface area contributed by atoms with E-state index in [1.165, 1.54) is 15.6 Å². The Morgan fingerprint density at radius 2 is 2.05 bits per heavy atom. The van der Waals surface area contributed by atoms with Gasteiger partial charge in [0.25, 0.3) is 0 Å². The highest BCUT2D eigenvalue weighted by Gasteiger charge is 2.21. The van der Waals surface area contributed by atoms with Crippen LogP contribution in [-0.4, -0.2) is 19.8 Å². The lowest BCUT2D eigenvalue weighted by atomic mass is 10.2. The monoisotopic (exact) mass is 374 g/mol. The van der Waals surface area contributed by atoms with Crippen molar-refractivity contribution in [3.05, 3.63) is 44.6 Å². The molecule has 2 rings (SSSR count). The van der Waals surface area contributed by atoms with Gasteiger partial charge in [-0.3, -0.25) is 0 Å². The minimum absolute atomic E-state index is 0.266. The topological polar surface area (TPSA) is 63.4 Å². The molecular weight excluding hydrogens is 360 g/mol. The number of anilines is 1. The minimum atomic E-state index is -3.50. The molecule has 20 heavy (non-hydrogen) atoms. The molecule has 7 heteroatoms. The summed E-state index contributed by atoms with van der Waals surface area (Å²) in [4.78, 5) is 1.25. The normalized spacial score (nSPS) is 12.0. The molecule has 0 saturated carbocycles. The first-order valence-corrected chi connectivity index (χ1v) is 8.97. The van der Waals surface area contributed by atoms with E-state index in [0.29, 0.717) is 12.2 Å². The molecule has 0 saturated heterocycles. The van der Waals surface area contributed by atoms with Crippen molar-refractivity contribution in [2.24, 2.45) is 0 Å². The van der Waals surface area contributed by atoms with Crippen LogP contribution in [0.2, 0.25) is 0 Å². The molecule has 0 unspecified atom stereocenters. The lowest BCUT2D eigenvalue weighted by Gasteiger charge is -2.17. The van der Waals surface area contributed by atoms with Crippen LogP contribution in [0.15, 0.2) is 39.0 Å². The van der Waals surface area contributed by atoms with E-state index in [9.17, 15) is 8.42 Å². The third kappa shape index (κ3) is 3.22. The van der Waals surface area contributed by atoms with Crippen LogP contribution in [0.1, 0.15) is 10.4 Å². The maximum Gasteiger partial charge on any atom is 0.243 e. The highest BCUT2D eigenvalue weighted by Crippen LogP contribution is 2.24. The molecule has 1 aromatic carbocycles. The van der Waals surface area contributed by atoms with Crippen molar-refractivity contribution < 1.29 is 8.42 Å². The number of hydrogen-bond donors (Lipinski definition) is 1. The zero-order valence-electron chi connectivity index (χ0n) is 11.1. The largest absolute Gasteiger partial charge is 0.399 e. The molecule has 0 aliphatic heterocycles. The number of benzene rings is 1. The van der Waals surface area contributed by atoms with Gasteiger partial charge in [0, 0.05) is 34.0 Å². The van der Waals surface area contributed by atoms with Gasteiger partial charge >= 0.3 is 0 Å². The maximum atomic E-state index is 12.5. The number of thiophene rings is 1. The Kier molecular flexibility index (Phi) is 4.53. The smallest absolute Gasteiger partial charge is 0.243 e. The van der Waals surface area contributed by atoms with Crippen LogP contribution >= 0.6 is 27.3 Å². The number of nitrogen functional groups attached to an aromatic ring is 1. The van der Waals surface area contributed by atoms with Crippen LogP contribution < -0.4 is 5.73 Å². The second kappa shape index (κ2) is 5.85. The summed E-state index contributed by atoms with van der Waals surface area (Å²) < 4.78 is 27.3. The van der Waals surface area contributed by atoms with Gasteiger partial charge < -0.3 is 5.73 Å². The van der Waals surface area contributed by atoms with E-state index in [4.69, 9.17) is 5.73 Å². The average Bonchev–Trinajstić information content (AvgIpc) is 2.78. The van der Waals surface area contributed by atoms with Crippen molar-refractivity contribution in [3.8, 4) is 0 Å². The number of hydrogen-bond acceptors (Lipinski definition) is 4. The predicted octanol–water partition coefficient (Wildman–Crippen LogP) is 3.22. The summed E-state index contributed by atoms with van der Waals surface area (Å²) in [5, 5.41) is 1.93. The van der Waals surface area contributed by atoms with Crippen LogP contribution in [0.3, 0.4) is 0 Å². The lowest BCUT2D eigenvalue weighted by Crippen LogP contribution is -2.26. The summed E-state index contributed by atoms with van der Waals surface area (Å²) in [5.74, 6) is 0. The molecule has 0 spiro atoms. The summed E-state index contributed by atoms with van der Waals surface area (Å²) in [5.41, 5.74) is 7.08. The van der Waals surface area contributed by atoms with E-state index in [-0.39, 0.29) is 4.90 Å². The molecular formula is C13H15BrN2O2S2. The van der Waals surface area contributed by atoms with Gasteiger partial charge in [-0.2, -0.15) is 4.31 Å². The first-order valence-electron chi connectivity index (χ1n) is 5.86. The standard InChI is InChI=1S/C13H15BrN2O2S2/c1-9-5-12(3-4-13(9)15)20(17,18)16(2)7-11-6-10(14)8-19-11/h3-6,8H,7,15H2,1-2H3. The van der Waals surface area contributed by atoms with Gasteiger partial charge in [0.1, 0.15) is 0 Å². The van der Waals surface area contributed by atoms with E-state index in [1.54, 1.807) is 32.2 Å². The number of nitrogens with zero attached hydrogens (tertiary/aromatic N) is 1. The van der Waals surface area contributed by atoms with Crippen molar-refractivity contribution >= 4 is 43.0 Å². The summed E-state index contributed by atoms with van der Waals surface area (Å²) in [6.45, 7) is 2.15. The Balaban J connectivity index is 2.27. The Hall–Kier alpha value is -0.890. The van der Waals surface area contributed by atoms with Crippen molar-refractivity contribution in [2.45, 2.75) is 18.4 Å². The maximum absolute atomic E-state index is 12.5. The summed E-state index contributed by atoms with van der Waals surface area (Å²) >= 11 is 4.89. The number of sulfonamides is 1. The van der Waals surface area contributed by atoms with Crippen LogP contribution in [0.4, 0.5) is 5.69 Å². The van der Waals surface area contributed by atoms with Crippen molar-refractivity contribution in [2.75, 3.05) is 12.8 Å². The van der Waals surface area contributed by atoms with Crippen molar-refractivity contribution in [3.63, 3.8) is 0 Å². The van der Waals surface area contributed by atoms with Gasteiger partial charge in [0.05, 0.1) is 4.90 Å². The second-order valence-corrected chi connectivity index (χ2v) is 8.47. The second-order valence-electron chi connectivity index (χ2n) is 4.51. The van der Waals surface area contributed by atoms with Crippen LogP contribution in [0.5, 0.6) is 0 Å². The molecule has 0 aliphatic rings. The number of halogens is 1. The van der Waals surface area contributed by atoms with Crippen molar-refractivity contribution in [1.82, 2.24) is 4.31 Å². The first kappa shape index (κ1) is 15.5. The van der Waals surface area contributed by atoms with Crippen molar-refractivity contribution in [1.29, 1.82) is 0 Å². The van der Waals surface area contributed by atoms with Crippen LogP contribution in [0, 0.1) is 6.92 Å². The quantitative estimate of drug-likeness (QED) is 0.835. The van der Waals surface area contributed by atoms with Gasteiger partial charge in [0.2, 0.25) is 10.0 Å². The fraction of sp³-hybridized carbons (Fsp3) is 0.231. The van der Waals surface area contributed by atoms with E-state index >= 15 is 0 Å². The van der Waals surface area contributed by atoms with E-state index in [1.807, 2.05) is 11.4 Å². The zero-order chi connectivity index (χ0) is 14.9. The van der Waals surface area contributed by atoms with E-state index < -0.39 is 10.0 Å². The lowest BCUT2D eigenvalue weighted by molar-refractivity contribution is 0.469. The highest BCUT2D eigenvalue weighted by atomic mass is 79.9. The van der Waals surface area contributed by atoms with Gasteiger partial charge in [-0.25, -0.2) is 8.42 Å². The summed E-state index contributed by atoms with van der Waals surface area (Å²) in [7, 11) is -1.92. The fourth-order valence-electron chi connectivity index (χ4n) is 1.73. The third-order valence-electron chi connectivity index (χ3n) is 2.95. The molecule has 1 heterocycles. The Morgan fingerprint density at radius 3 is 2.60 bits per heavy atom. The van der Waals surface area contributed by atoms with Gasteiger partial charge in [-0.1, -0.05) is 0 Å². The molecule has 0 fully saturated rings. The van der Waals surface area contributed by atoms with Gasteiger partial charge in [-0.05, 0) is 52.7 Å². The zero-order valence-corrected chi connectivity index (χ0v) is 14.3. The molecule has 0 atom stereocenters. The number of rotatable bonds is 4. The Morgan fingerprint density at radius 1 is 1.35 bits per heavy atom. The summed E-state index contributed by atoms with van der Waals surface area (Å²) in [6.07, 6.45) is 0. The SMILES string of the molecule is Cc1cc(S(=O)(=O)N(C)Cc2cc(Br)cs2)ccc1N. The van der Waals surface area contributed by atoms with Gasteiger partial charge in [0.15, 0.2) is 0 Å². The molecule has 2 N–H and O–H groups in total. The van der Waals surface area contributed by atoms with Crippen LogP contribution in [0.25, 0.3) is 0 Å². The molecule has 0 radical (unpaired) electrons. The molecule has 0 aliphatic carbocycles. The van der Waals surface area contributed by atoms with Gasteiger partial charge in [-0.15, -0.1) is 11.3 Å². The fourth-order valence-corrected chi connectivity index (χ4v) is 4.55. The van der Waals surface area contributed by atoms with E-state index in [2.05, 4.69) is 15.9 Å². The Bertz CT molecular complexity index is 726.